The lowest BCUT2D eigenvalue weighted by Crippen LogP contribution is -2.53. The number of hydrogen-bond donors (Lipinski definition) is 0. The summed E-state index contributed by atoms with van der Waals surface area (Å²) in [7, 11) is 0. The molecule has 140 valence electrons. The molecule has 0 saturated carbocycles. The largest absolute Gasteiger partial charge is 0.415 e. The maximum atomic E-state index is 13.2. The van der Waals surface area contributed by atoms with Gasteiger partial charge in [0.2, 0.25) is 0 Å². The van der Waals surface area contributed by atoms with E-state index < -0.39 is 18.4 Å². The normalized spacial score (nSPS) is 21.7. The lowest BCUT2D eigenvalue weighted by Gasteiger charge is -2.38. The van der Waals surface area contributed by atoms with Crippen LogP contribution in [-0.2, 0) is 22.6 Å². The van der Waals surface area contributed by atoms with Crippen LogP contribution < -0.4 is 0 Å². The molecule has 6 heteroatoms. The standard InChI is InChI=1S/C20H22F3NO2/c21-20(22,23)19-13-24(11-16-7-3-1-4-8-16)12-18(26-19)15-25-14-17-9-5-2-6-10-17/h1-10,18-19H,11-15H2/t18-,19+/m0/s1. The summed E-state index contributed by atoms with van der Waals surface area (Å²) in [6.07, 6.45) is -6.78. The van der Waals surface area contributed by atoms with Gasteiger partial charge in [-0.2, -0.15) is 13.2 Å². The molecule has 0 radical (unpaired) electrons. The van der Waals surface area contributed by atoms with Crippen molar-refractivity contribution in [3.8, 4) is 0 Å². The molecule has 1 aliphatic heterocycles. The van der Waals surface area contributed by atoms with Gasteiger partial charge in [0.05, 0.1) is 19.3 Å². The summed E-state index contributed by atoms with van der Waals surface area (Å²) in [6.45, 7) is 1.21. The summed E-state index contributed by atoms with van der Waals surface area (Å²) in [5.74, 6) is 0. The van der Waals surface area contributed by atoms with E-state index in [2.05, 4.69) is 0 Å². The molecule has 3 nitrogen and oxygen atoms in total. The van der Waals surface area contributed by atoms with E-state index in [0.29, 0.717) is 19.7 Å². The van der Waals surface area contributed by atoms with Gasteiger partial charge in [-0.25, -0.2) is 0 Å². The second-order valence-electron chi connectivity index (χ2n) is 6.47. The summed E-state index contributed by atoms with van der Waals surface area (Å²) in [5.41, 5.74) is 1.97. The predicted octanol–water partition coefficient (Wildman–Crippen LogP) is 4.04. The molecule has 2 atom stereocenters. The van der Waals surface area contributed by atoms with Crippen LogP contribution in [0.2, 0.25) is 0 Å². The summed E-state index contributed by atoms with van der Waals surface area (Å²) in [5, 5.41) is 0. The summed E-state index contributed by atoms with van der Waals surface area (Å²) >= 11 is 0. The van der Waals surface area contributed by atoms with Gasteiger partial charge in [0.25, 0.3) is 0 Å². The minimum Gasteiger partial charge on any atom is -0.374 e. The smallest absolute Gasteiger partial charge is 0.374 e. The molecular weight excluding hydrogens is 343 g/mol. The molecule has 2 aromatic carbocycles. The maximum absolute atomic E-state index is 13.2. The Balaban J connectivity index is 1.58. The summed E-state index contributed by atoms with van der Waals surface area (Å²) < 4.78 is 50.5. The molecule has 0 bridgehead atoms. The Morgan fingerprint density at radius 2 is 1.54 bits per heavy atom. The highest BCUT2D eigenvalue weighted by Gasteiger charge is 2.45. The van der Waals surface area contributed by atoms with Gasteiger partial charge in [0.15, 0.2) is 6.10 Å². The van der Waals surface area contributed by atoms with Crippen LogP contribution in [0.5, 0.6) is 0 Å². The van der Waals surface area contributed by atoms with E-state index in [0.717, 1.165) is 11.1 Å². The number of rotatable bonds is 6. The third kappa shape index (κ3) is 5.56. The van der Waals surface area contributed by atoms with Crippen LogP contribution in [0.4, 0.5) is 13.2 Å². The van der Waals surface area contributed by atoms with Crippen LogP contribution in [0, 0.1) is 0 Å². The zero-order chi connectivity index (χ0) is 18.4. The second-order valence-corrected chi connectivity index (χ2v) is 6.47. The minimum absolute atomic E-state index is 0.132. The van der Waals surface area contributed by atoms with Crippen LogP contribution in [-0.4, -0.2) is 43.0 Å². The van der Waals surface area contributed by atoms with Crippen LogP contribution in [0.15, 0.2) is 60.7 Å². The molecular formula is C20H22F3NO2. The van der Waals surface area contributed by atoms with Gasteiger partial charge in [-0.3, -0.25) is 4.90 Å². The molecule has 1 heterocycles. The molecule has 26 heavy (non-hydrogen) atoms. The Hall–Kier alpha value is -1.89. The third-order valence-corrected chi connectivity index (χ3v) is 4.27. The van der Waals surface area contributed by atoms with Crippen molar-refractivity contribution < 1.29 is 22.6 Å². The first kappa shape index (κ1) is 18.9. The topological polar surface area (TPSA) is 21.7 Å². The first-order valence-corrected chi connectivity index (χ1v) is 8.61. The Morgan fingerprint density at radius 3 is 2.15 bits per heavy atom. The van der Waals surface area contributed by atoms with Crippen LogP contribution in [0.25, 0.3) is 0 Å². The lowest BCUT2D eigenvalue weighted by atomic mass is 10.1. The maximum Gasteiger partial charge on any atom is 0.415 e. The van der Waals surface area contributed by atoms with Crippen molar-refractivity contribution >= 4 is 0 Å². The minimum atomic E-state index is -4.38. The van der Waals surface area contributed by atoms with E-state index in [1.807, 2.05) is 60.7 Å². The molecule has 1 saturated heterocycles. The Morgan fingerprint density at radius 1 is 0.923 bits per heavy atom. The Bertz CT molecular complexity index is 664. The summed E-state index contributed by atoms with van der Waals surface area (Å²) in [4.78, 5) is 1.79. The fourth-order valence-electron chi connectivity index (χ4n) is 3.04. The molecule has 2 aromatic rings. The van der Waals surface area contributed by atoms with Gasteiger partial charge >= 0.3 is 6.18 Å². The van der Waals surface area contributed by atoms with Crippen LogP contribution >= 0.6 is 0 Å². The van der Waals surface area contributed by atoms with Gasteiger partial charge < -0.3 is 9.47 Å². The molecule has 0 N–H and O–H groups in total. The zero-order valence-corrected chi connectivity index (χ0v) is 14.4. The zero-order valence-electron chi connectivity index (χ0n) is 14.4. The quantitative estimate of drug-likeness (QED) is 0.771. The van der Waals surface area contributed by atoms with E-state index in [9.17, 15) is 13.2 Å². The van der Waals surface area contributed by atoms with Gasteiger partial charge in [0.1, 0.15) is 0 Å². The summed E-state index contributed by atoms with van der Waals surface area (Å²) in [6, 6.07) is 19.0. The highest BCUT2D eigenvalue weighted by Crippen LogP contribution is 2.28. The lowest BCUT2D eigenvalue weighted by molar-refractivity contribution is -0.259. The Labute approximate surface area is 151 Å². The van der Waals surface area contributed by atoms with E-state index in [4.69, 9.17) is 9.47 Å². The predicted molar refractivity (Wildman–Crippen MR) is 92.5 cm³/mol. The fourth-order valence-corrected chi connectivity index (χ4v) is 3.04. The van der Waals surface area contributed by atoms with E-state index in [1.54, 1.807) is 4.90 Å². The van der Waals surface area contributed by atoms with Gasteiger partial charge in [0, 0.05) is 19.6 Å². The van der Waals surface area contributed by atoms with Crippen molar-refractivity contribution in [1.29, 1.82) is 0 Å². The van der Waals surface area contributed by atoms with Crippen molar-refractivity contribution in [3.63, 3.8) is 0 Å². The molecule has 0 spiro atoms. The van der Waals surface area contributed by atoms with Crippen molar-refractivity contribution in [2.24, 2.45) is 0 Å². The van der Waals surface area contributed by atoms with Crippen molar-refractivity contribution in [2.45, 2.75) is 31.5 Å². The first-order chi connectivity index (χ1) is 12.5. The average Bonchev–Trinajstić information content (AvgIpc) is 2.63. The fraction of sp³-hybridized carbons (Fsp3) is 0.400. The monoisotopic (exact) mass is 365 g/mol. The van der Waals surface area contributed by atoms with E-state index in [-0.39, 0.29) is 13.2 Å². The van der Waals surface area contributed by atoms with Crippen molar-refractivity contribution in [3.05, 3.63) is 71.8 Å². The molecule has 0 aromatic heterocycles. The van der Waals surface area contributed by atoms with Crippen LogP contribution in [0.3, 0.4) is 0 Å². The number of ether oxygens (including phenoxy) is 2. The van der Waals surface area contributed by atoms with E-state index >= 15 is 0 Å². The second kappa shape index (κ2) is 8.66. The first-order valence-electron chi connectivity index (χ1n) is 8.61. The van der Waals surface area contributed by atoms with Crippen molar-refractivity contribution in [1.82, 2.24) is 4.90 Å². The number of halogens is 3. The highest BCUT2D eigenvalue weighted by molar-refractivity contribution is 5.15. The molecule has 0 unspecified atom stereocenters. The average molecular weight is 365 g/mol. The number of hydrogen-bond acceptors (Lipinski definition) is 3. The Kier molecular flexibility index (Phi) is 6.29. The molecule has 3 rings (SSSR count). The van der Waals surface area contributed by atoms with Crippen LogP contribution in [0.1, 0.15) is 11.1 Å². The SMILES string of the molecule is FC(F)(F)[C@H]1CN(Cc2ccccc2)C[C@@H](COCc2ccccc2)O1. The molecule has 0 amide bonds. The molecule has 1 fully saturated rings. The molecule has 1 aliphatic rings. The highest BCUT2D eigenvalue weighted by atomic mass is 19.4. The number of morpholine rings is 1. The van der Waals surface area contributed by atoms with Gasteiger partial charge in [-0.05, 0) is 11.1 Å². The van der Waals surface area contributed by atoms with Crippen molar-refractivity contribution in [2.75, 3.05) is 19.7 Å². The number of benzene rings is 2. The van der Waals surface area contributed by atoms with E-state index in [1.165, 1.54) is 0 Å². The molecule has 0 aliphatic carbocycles. The van der Waals surface area contributed by atoms with Gasteiger partial charge in [-0.1, -0.05) is 60.7 Å². The number of nitrogens with zero attached hydrogens (tertiary/aromatic N) is 1. The third-order valence-electron chi connectivity index (χ3n) is 4.27. The number of alkyl halides is 3. The van der Waals surface area contributed by atoms with Gasteiger partial charge in [-0.15, -0.1) is 0 Å².